The molecule has 2 aromatic rings. The van der Waals surface area contributed by atoms with Gasteiger partial charge in [-0.1, -0.05) is 6.07 Å². The molecule has 1 saturated heterocycles. The second-order valence-electron chi connectivity index (χ2n) is 6.17. The lowest BCUT2D eigenvalue weighted by Crippen LogP contribution is -2.40. The number of amides is 1. The van der Waals surface area contributed by atoms with E-state index in [9.17, 15) is 4.79 Å². The summed E-state index contributed by atoms with van der Waals surface area (Å²) in [5.74, 6) is 1.55. The molecule has 0 aliphatic carbocycles. The number of nitrogens with one attached hydrogen (secondary N) is 1. The first-order chi connectivity index (χ1) is 13.1. The maximum Gasteiger partial charge on any atom is 0.261 e. The van der Waals surface area contributed by atoms with Crippen molar-refractivity contribution < 1.29 is 14.3 Å². The highest BCUT2D eigenvalue weighted by Crippen LogP contribution is 2.32. The quantitative estimate of drug-likeness (QED) is 0.719. The average Bonchev–Trinajstić information content (AvgIpc) is 3.15. The molecule has 0 saturated carbocycles. The van der Waals surface area contributed by atoms with Crippen molar-refractivity contribution in [1.82, 2.24) is 14.9 Å². The second-order valence-corrected chi connectivity index (χ2v) is 7.08. The summed E-state index contributed by atoms with van der Waals surface area (Å²) in [5.41, 5.74) is 0.480. The van der Waals surface area contributed by atoms with Crippen LogP contribution in [0.25, 0.3) is 0 Å². The molecule has 1 fully saturated rings. The van der Waals surface area contributed by atoms with Crippen LogP contribution >= 0.6 is 15.9 Å². The van der Waals surface area contributed by atoms with Gasteiger partial charge in [-0.2, -0.15) is 0 Å². The van der Waals surface area contributed by atoms with E-state index >= 15 is 0 Å². The molecule has 1 atom stereocenters. The summed E-state index contributed by atoms with van der Waals surface area (Å²) < 4.78 is 11.9. The maximum atomic E-state index is 13.3. The Hall–Kier alpha value is -2.35. The van der Waals surface area contributed by atoms with Crippen molar-refractivity contribution in [3.8, 4) is 11.5 Å². The van der Waals surface area contributed by atoms with Gasteiger partial charge in [0.15, 0.2) is 0 Å². The highest BCUT2D eigenvalue weighted by Gasteiger charge is 2.32. The zero-order valence-electron chi connectivity index (χ0n) is 15.4. The van der Waals surface area contributed by atoms with Gasteiger partial charge in [0.25, 0.3) is 5.91 Å². The number of carbonyl (C=O) groups is 1. The Balaban J connectivity index is 1.76. The van der Waals surface area contributed by atoms with Gasteiger partial charge < -0.3 is 19.7 Å². The summed E-state index contributed by atoms with van der Waals surface area (Å²) in [6.45, 7) is 3.68. The number of hydrogen-bond donors (Lipinski definition) is 1. The number of aromatic nitrogens is 2. The van der Waals surface area contributed by atoms with Crippen LogP contribution in [0, 0.1) is 0 Å². The lowest BCUT2D eigenvalue weighted by molar-refractivity contribution is 0.0736. The van der Waals surface area contributed by atoms with Crippen molar-refractivity contribution in [3.63, 3.8) is 0 Å². The van der Waals surface area contributed by atoms with E-state index in [0.29, 0.717) is 42.7 Å². The number of benzene rings is 1. The fraction of sp³-hybridized carbons (Fsp3) is 0.421. The zero-order valence-corrected chi connectivity index (χ0v) is 17.0. The Morgan fingerprint density at radius 3 is 2.78 bits per heavy atom. The largest absolute Gasteiger partial charge is 0.496 e. The molecular weight excluding hydrogens is 412 g/mol. The van der Waals surface area contributed by atoms with Crippen LogP contribution in [0.4, 0.5) is 5.95 Å². The molecule has 2 heterocycles. The number of likely N-dealkylation sites (tertiary alicyclic amines) is 1. The molecule has 1 N–H and O–H groups in total. The molecule has 1 aromatic heterocycles. The van der Waals surface area contributed by atoms with Crippen molar-refractivity contribution in [3.05, 3.63) is 40.6 Å². The predicted octanol–water partition coefficient (Wildman–Crippen LogP) is 3.36. The van der Waals surface area contributed by atoms with Crippen molar-refractivity contribution in [2.75, 3.05) is 32.1 Å². The molecule has 8 heteroatoms. The van der Waals surface area contributed by atoms with Crippen LogP contribution in [-0.4, -0.2) is 53.6 Å². The van der Waals surface area contributed by atoms with Crippen LogP contribution in [0.2, 0.25) is 0 Å². The monoisotopic (exact) mass is 434 g/mol. The van der Waals surface area contributed by atoms with Gasteiger partial charge in [-0.25, -0.2) is 9.97 Å². The molecule has 0 bridgehead atoms. The third kappa shape index (κ3) is 4.50. The van der Waals surface area contributed by atoms with Crippen molar-refractivity contribution >= 4 is 27.8 Å². The minimum atomic E-state index is -0.0723. The number of halogens is 1. The van der Waals surface area contributed by atoms with Gasteiger partial charge in [0.2, 0.25) is 5.95 Å². The van der Waals surface area contributed by atoms with Crippen molar-refractivity contribution in [2.45, 2.75) is 25.8 Å². The number of rotatable bonds is 7. The molecule has 0 radical (unpaired) electrons. The van der Waals surface area contributed by atoms with E-state index in [1.807, 2.05) is 17.9 Å². The first-order valence-corrected chi connectivity index (χ1v) is 9.75. The van der Waals surface area contributed by atoms with Gasteiger partial charge in [-0.15, -0.1) is 0 Å². The Morgan fingerprint density at radius 2 is 2.07 bits per heavy atom. The van der Waals surface area contributed by atoms with Gasteiger partial charge in [0, 0.05) is 31.5 Å². The van der Waals surface area contributed by atoms with E-state index in [4.69, 9.17) is 9.47 Å². The average molecular weight is 435 g/mol. The molecular formula is C19H23BrN4O3. The number of hydrogen-bond acceptors (Lipinski definition) is 6. The summed E-state index contributed by atoms with van der Waals surface area (Å²) in [5, 5.41) is 3.22. The normalized spacial score (nSPS) is 16.3. The fourth-order valence-corrected chi connectivity index (χ4v) is 3.44. The Bertz CT molecular complexity index is 785. The summed E-state index contributed by atoms with van der Waals surface area (Å²) in [7, 11) is 1.57. The van der Waals surface area contributed by atoms with Crippen LogP contribution in [-0.2, 0) is 0 Å². The van der Waals surface area contributed by atoms with Crippen molar-refractivity contribution in [1.29, 1.82) is 0 Å². The molecule has 3 rings (SSSR count). The lowest BCUT2D eigenvalue weighted by Gasteiger charge is -2.26. The Morgan fingerprint density at radius 1 is 1.33 bits per heavy atom. The molecule has 1 amide bonds. The number of ether oxygens (including phenoxy) is 2. The van der Waals surface area contributed by atoms with Crippen LogP contribution in [0.3, 0.4) is 0 Å². The van der Waals surface area contributed by atoms with E-state index in [-0.39, 0.29) is 11.9 Å². The van der Waals surface area contributed by atoms with Crippen LogP contribution < -0.4 is 14.8 Å². The predicted molar refractivity (Wildman–Crippen MR) is 106 cm³/mol. The van der Waals surface area contributed by atoms with Gasteiger partial charge in [0.05, 0.1) is 18.2 Å². The molecule has 7 nitrogen and oxygen atoms in total. The standard InChI is InChI=1S/C19H23BrN4O3/c1-3-27-16-8-4-7-15(26-2)17(16)18(25)24-9-5-6-14(24)12-23-19-21-10-13(20)11-22-19/h4,7-8,10-11,14H,3,5-6,9,12H2,1-2H3,(H,21,22,23). The summed E-state index contributed by atoms with van der Waals surface area (Å²) >= 11 is 3.32. The Kier molecular flexibility index (Phi) is 6.49. The molecule has 0 spiro atoms. The van der Waals surface area contributed by atoms with E-state index in [2.05, 4.69) is 31.2 Å². The number of methoxy groups -OCH3 is 1. The minimum Gasteiger partial charge on any atom is -0.496 e. The maximum absolute atomic E-state index is 13.3. The van der Waals surface area contributed by atoms with Gasteiger partial charge in [-0.3, -0.25) is 4.79 Å². The SMILES string of the molecule is CCOc1cccc(OC)c1C(=O)N1CCCC1CNc1ncc(Br)cn1. The van der Waals surface area contributed by atoms with Gasteiger partial charge in [0.1, 0.15) is 17.1 Å². The number of nitrogens with zero attached hydrogens (tertiary/aromatic N) is 3. The summed E-state index contributed by atoms with van der Waals surface area (Å²) in [6, 6.07) is 5.48. The van der Waals surface area contributed by atoms with E-state index < -0.39 is 0 Å². The van der Waals surface area contributed by atoms with Crippen molar-refractivity contribution in [2.24, 2.45) is 0 Å². The fourth-order valence-electron chi connectivity index (χ4n) is 3.24. The highest BCUT2D eigenvalue weighted by molar-refractivity contribution is 9.10. The van der Waals surface area contributed by atoms with E-state index in [1.54, 1.807) is 31.6 Å². The second kappa shape index (κ2) is 9.03. The number of carbonyl (C=O) groups excluding carboxylic acids is 1. The Labute approximate surface area is 167 Å². The van der Waals surface area contributed by atoms with Crippen LogP contribution in [0.1, 0.15) is 30.1 Å². The molecule has 1 aromatic carbocycles. The van der Waals surface area contributed by atoms with Crippen LogP contribution in [0.5, 0.6) is 11.5 Å². The smallest absolute Gasteiger partial charge is 0.261 e. The first-order valence-electron chi connectivity index (χ1n) is 8.96. The molecule has 1 aliphatic heterocycles. The molecule has 144 valence electrons. The zero-order chi connectivity index (χ0) is 19.2. The lowest BCUT2D eigenvalue weighted by atomic mass is 10.1. The van der Waals surface area contributed by atoms with Crippen LogP contribution in [0.15, 0.2) is 35.1 Å². The third-order valence-electron chi connectivity index (χ3n) is 4.48. The van der Waals surface area contributed by atoms with E-state index in [0.717, 1.165) is 17.3 Å². The molecule has 1 unspecified atom stereocenters. The first kappa shape index (κ1) is 19.4. The van der Waals surface area contributed by atoms with Gasteiger partial charge in [-0.05, 0) is 47.8 Å². The van der Waals surface area contributed by atoms with Gasteiger partial charge >= 0.3 is 0 Å². The topological polar surface area (TPSA) is 76.6 Å². The number of anilines is 1. The highest BCUT2D eigenvalue weighted by atomic mass is 79.9. The molecule has 27 heavy (non-hydrogen) atoms. The summed E-state index contributed by atoms with van der Waals surface area (Å²) in [4.78, 5) is 23.6. The summed E-state index contributed by atoms with van der Waals surface area (Å²) in [6.07, 6.45) is 5.26. The molecule has 1 aliphatic rings. The van der Waals surface area contributed by atoms with E-state index in [1.165, 1.54) is 0 Å². The minimum absolute atomic E-state index is 0.0594. The third-order valence-corrected chi connectivity index (χ3v) is 4.89.